The van der Waals surface area contributed by atoms with Gasteiger partial charge in [0.1, 0.15) is 24.4 Å². The van der Waals surface area contributed by atoms with E-state index in [0.29, 0.717) is 5.69 Å². The highest BCUT2D eigenvalue weighted by molar-refractivity contribution is 5.97. The average Bonchev–Trinajstić information content (AvgIpc) is 3.16. The number of rotatable bonds is 4. The first-order valence-electron chi connectivity index (χ1n) is 10.5. The Balaban J connectivity index is 1.44. The van der Waals surface area contributed by atoms with Crippen molar-refractivity contribution in [3.8, 4) is 0 Å². The SMILES string of the molecule is Cc1ccc(NC(=O)[C@@H](C)NC(=O)[C@H]2O[C@H]3OC(C)(C)O[C@@H]3[C@H]3OC(C)(C)O[C@@H]32)cc1. The minimum absolute atomic E-state index is 0.340. The van der Waals surface area contributed by atoms with E-state index < -0.39 is 54.2 Å². The number of hydrogen-bond donors (Lipinski definition) is 2. The second-order valence-corrected chi connectivity index (χ2v) is 9.18. The van der Waals surface area contributed by atoms with Gasteiger partial charge in [-0.05, 0) is 53.7 Å². The second kappa shape index (κ2) is 7.83. The molecule has 3 saturated heterocycles. The van der Waals surface area contributed by atoms with Crippen molar-refractivity contribution in [2.45, 2.75) is 89.9 Å². The van der Waals surface area contributed by atoms with E-state index in [9.17, 15) is 9.59 Å². The number of carbonyl (C=O) groups excluding carboxylic acids is 2. The van der Waals surface area contributed by atoms with Crippen LogP contribution in [0, 0.1) is 6.92 Å². The molecule has 31 heavy (non-hydrogen) atoms. The molecule has 9 nitrogen and oxygen atoms in total. The molecule has 2 amide bonds. The van der Waals surface area contributed by atoms with Crippen LogP contribution in [0.15, 0.2) is 24.3 Å². The summed E-state index contributed by atoms with van der Waals surface area (Å²) >= 11 is 0. The normalized spacial score (nSPS) is 33.8. The fourth-order valence-corrected chi connectivity index (χ4v) is 4.07. The molecule has 3 fully saturated rings. The summed E-state index contributed by atoms with van der Waals surface area (Å²) in [6, 6.07) is 6.62. The van der Waals surface area contributed by atoms with Crippen LogP contribution in [0.5, 0.6) is 0 Å². The minimum atomic E-state index is -1.01. The van der Waals surface area contributed by atoms with Crippen LogP contribution < -0.4 is 10.6 Å². The van der Waals surface area contributed by atoms with E-state index in [4.69, 9.17) is 23.7 Å². The Morgan fingerprint density at radius 2 is 1.48 bits per heavy atom. The maximum absolute atomic E-state index is 13.1. The summed E-state index contributed by atoms with van der Waals surface area (Å²) < 4.78 is 29.7. The molecule has 0 aliphatic carbocycles. The van der Waals surface area contributed by atoms with Gasteiger partial charge in [-0.1, -0.05) is 17.7 Å². The number of hydrogen-bond acceptors (Lipinski definition) is 7. The maximum atomic E-state index is 13.1. The van der Waals surface area contributed by atoms with E-state index in [0.717, 1.165) is 5.56 Å². The molecule has 0 bridgehead atoms. The summed E-state index contributed by atoms with van der Waals surface area (Å²) in [6.45, 7) is 10.7. The smallest absolute Gasteiger partial charge is 0.252 e. The zero-order valence-electron chi connectivity index (χ0n) is 18.6. The number of benzene rings is 1. The third-order valence-electron chi connectivity index (χ3n) is 5.48. The Hall–Kier alpha value is -2.04. The molecule has 2 N–H and O–H groups in total. The standard InChI is InChI=1S/C22H30N2O7/c1-11-7-9-13(10-8-11)24-18(25)12(2)23-19(26)16-14-15(29-21(3,4)28-14)17-20(27-16)31-22(5,6)30-17/h7-10,12,14-17,20H,1-6H3,(H,23,26)(H,24,25)/t12-,14+,15+,16+,17-,20+/m1/s1. The molecule has 6 atom stereocenters. The number of fused-ring (bicyclic) bond motifs is 3. The highest BCUT2D eigenvalue weighted by atomic mass is 16.9. The van der Waals surface area contributed by atoms with Crippen LogP contribution in [0.25, 0.3) is 0 Å². The number of amides is 2. The lowest BCUT2D eigenvalue weighted by Crippen LogP contribution is -2.60. The van der Waals surface area contributed by atoms with Crippen LogP contribution in [-0.4, -0.2) is 60.1 Å². The molecule has 4 rings (SSSR count). The number of ether oxygens (including phenoxy) is 5. The van der Waals surface area contributed by atoms with E-state index in [1.807, 2.05) is 31.2 Å². The molecule has 3 aliphatic heterocycles. The van der Waals surface area contributed by atoms with Gasteiger partial charge in [-0.15, -0.1) is 0 Å². The van der Waals surface area contributed by atoms with Gasteiger partial charge in [0.05, 0.1) is 0 Å². The third kappa shape index (κ3) is 4.61. The van der Waals surface area contributed by atoms with Crippen molar-refractivity contribution in [2.75, 3.05) is 5.32 Å². The van der Waals surface area contributed by atoms with E-state index >= 15 is 0 Å². The molecular weight excluding hydrogens is 404 g/mol. The fourth-order valence-electron chi connectivity index (χ4n) is 4.07. The van der Waals surface area contributed by atoms with Crippen molar-refractivity contribution in [1.29, 1.82) is 0 Å². The van der Waals surface area contributed by atoms with E-state index in [1.54, 1.807) is 34.6 Å². The molecule has 3 heterocycles. The Kier molecular flexibility index (Phi) is 5.60. The first-order chi connectivity index (χ1) is 14.4. The molecule has 9 heteroatoms. The van der Waals surface area contributed by atoms with Crippen molar-refractivity contribution >= 4 is 17.5 Å². The highest BCUT2D eigenvalue weighted by Crippen LogP contribution is 2.44. The van der Waals surface area contributed by atoms with Crippen molar-refractivity contribution in [3.63, 3.8) is 0 Å². The quantitative estimate of drug-likeness (QED) is 0.745. The molecule has 1 aromatic carbocycles. The number of aryl methyl sites for hydroxylation is 1. The lowest BCUT2D eigenvalue weighted by molar-refractivity contribution is -0.231. The molecule has 170 valence electrons. The van der Waals surface area contributed by atoms with Crippen LogP contribution in [0.1, 0.15) is 40.2 Å². The maximum Gasteiger partial charge on any atom is 0.252 e. The zero-order valence-corrected chi connectivity index (χ0v) is 18.6. The van der Waals surface area contributed by atoms with Crippen molar-refractivity contribution < 1.29 is 33.3 Å². The molecule has 0 spiro atoms. The average molecular weight is 434 g/mol. The Morgan fingerprint density at radius 3 is 2.16 bits per heavy atom. The van der Waals surface area contributed by atoms with Crippen LogP contribution >= 0.6 is 0 Å². The summed E-state index contributed by atoms with van der Waals surface area (Å²) in [7, 11) is 0. The van der Waals surface area contributed by atoms with Crippen molar-refractivity contribution in [1.82, 2.24) is 5.32 Å². The Morgan fingerprint density at radius 1 is 0.903 bits per heavy atom. The molecule has 0 aromatic heterocycles. The van der Waals surface area contributed by atoms with Gasteiger partial charge in [-0.3, -0.25) is 9.59 Å². The number of carbonyl (C=O) groups is 2. The lowest BCUT2D eigenvalue weighted by atomic mass is 9.98. The summed E-state index contributed by atoms with van der Waals surface area (Å²) in [6.07, 6.45) is -3.54. The highest BCUT2D eigenvalue weighted by Gasteiger charge is 2.62. The van der Waals surface area contributed by atoms with Crippen molar-refractivity contribution in [2.24, 2.45) is 0 Å². The fraction of sp³-hybridized carbons (Fsp3) is 0.636. The van der Waals surface area contributed by atoms with E-state index in [1.165, 1.54) is 0 Å². The predicted molar refractivity (Wildman–Crippen MR) is 110 cm³/mol. The van der Waals surface area contributed by atoms with Gasteiger partial charge in [-0.2, -0.15) is 0 Å². The minimum Gasteiger partial charge on any atom is -0.342 e. The second-order valence-electron chi connectivity index (χ2n) is 9.18. The van der Waals surface area contributed by atoms with Crippen LogP contribution in [0.4, 0.5) is 5.69 Å². The molecule has 0 saturated carbocycles. The summed E-state index contributed by atoms with van der Waals surface area (Å²) in [5.74, 6) is -2.60. The lowest BCUT2D eigenvalue weighted by Gasteiger charge is -2.36. The first-order valence-corrected chi connectivity index (χ1v) is 10.5. The van der Waals surface area contributed by atoms with Gasteiger partial charge in [0.2, 0.25) is 5.91 Å². The topological polar surface area (TPSA) is 104 Å². The van der Waals surface area contributed by atoms with Gasteiger partial charge in [0, 0.05) is 5.69 Å². The number of anilines is 1. The van der Waals surface area contributed by atoms with Crippen LogP contribution in [0.3, 0.4) is 0 Å². The number of nitrogens with one attached hydrogen (secondary N) is 2. The predicted octanol–water partition coefficient (Wildman–Crippen LogP) is 1.83. The van der Waals surface area contributed by atoms with Crippen LogP contribution in [0.2, 0.25) is 0 Å². The first kappa shape index (κ1) is 22.2. The Bertz CT molecular complexity index is 854. The van der Waals surface area contributed by atoms with Crippen molar-refractivity contribution in [3.05, 3.63) is 29.8 Å². The summed E-state index contributed by atoms with van der Waals surface area (Å²) in [4.78, 5) is 25.6. The molecule has 3 aliphatic rings. The summed E-state index contributed by atoms with van der Waals surface area (Å²) in [5, 5.41) is 5.50. The largest absolute Gasteiger partial charge is 0.342 e. The van der Waals surface area contributed by atoms with E-state index in [2.05, 4.69) is 10.6 Å². The molecular formula is C22H30N2O7. The van der Waals surface area contributed by atoms with E-state index in [-0.39, 0.29) is 5.91 Å². The van der Waals surface area contributed by atoms with Gasteiger partial charge < -0.3 is 34.3 Å². The van der Waals surface area contributed by atoms with Crippen LogP contribution in [-0.2, 0) is 33.3 Å². The van der Waals surface area contributed by atoms with Gasteiger partial charge in [-0.25, -0.2) is 0 Å². The monoisotopic (exact) mass is 434 g/mol. The molecule has 1 aromatic rings. The van der Waals surface area contributed by atoms with Gasteiger partial charge >= 0.3 is 0 Å². The third-order valence-corrected chi connectivity index (χ3v) is 5.48. The molecule has 0 unspecified atom stereocenters. The molecule has 0 radical (unpaired) electrons. The zero-order chi connectivity index (χ0) is 22.6. The van der Waals surface area contributed by atoms with Gasteiger partial charge in [0.25, 0.3) is 5.91 Å². The van der Waals surface area contributed by atoms with Gasteiger partial charge in [0.15, 0.2) is 24.0 Å². The Labute approximate surface area is 181 Å². The summed E-state index contributed by atoms with van der Waals surface area (Å²) in [5.41, 5.74) is 1.74.